The van der Waals surface area contributed by atoms with Crippen molar-refractivity contribution in [3.63, 3.8) is 0 Å². The van der Waals surface area contributed by atoms with Crippen LogP contribution in [-0.4, -0.2) is 49.7 Å². The lowest BCUT2D eigenvalue weighted by atomic mass is 9.98. The molecule has 2 saturated heterocycles. The molecule has 2 fully saturated rings. The summed E-state index contributed by atoms with van der Waals surface area (Å²) in [5.41, 5.74) is 1.69. The average molecular weight is 379 g/mol. The van der Waals surface area contributed by atoms with E-state index < -0.39 is 10.0 Å². The number of aryl methyl sites for hydroxylation is 2. The van der Waals surface area contributed by atoms with Gasteiger partial charge >= 0.3 is 0 Å². The van der Waals surface area contributed by atoms with Crippen molar-refractivity contribution in [2.24, 2.45) is 5.92 Å². The Morgan fingerprint density at radius 3 is 2.38 bits per heavy atom. The van der Waals surface area contributed by atoms with E-state index in [1.807, 2.05) is 30.9 Å². The van der Waals surface area contributed by atoms with Crippen molar-refractivity contribution >= 4 is 15.9 Å². The Balaban J connectivity index is 1.77. The van der Waals surface area contributed by atoms with Gasteiger partial charge < -0.3 is 4.90 Å². The fourth-order valence-corrected chi connectivity index (χ4v) is 5.87. The van der Waals surface area contributed by atoms with E-state index in [0.717, 1.165) is 49.9 Å². The summed E-state index contributed by atoms with van der Waals surface area (Å²) in [6, 6.07) is 5.52. The number of sulfonamides is 1. The largest absolute Gasteiger partial charge is 0.342 e. The third kappa shape index (κ3) is 4.12. The first-order valence-corrected chi connectivity index (χ1v) is 11.2. The lowest BCUT2D eigenvalue weighted by Gasteiger charge is -2.34. The lowest BCUT2D eigenvalue weighted by Crippen LogP contribution is -2.47. The predicted octanol–water partition coefficient (Wildman–Crippen LogP) is 3.11. The molecule has 2 aliphatic rings. The molecular weight excluding hydrogens is 348 g/mol. The molecule has 0 aromatic heterocycles. The van der Waals surface area contributed by atoms with Crippen LogP contribution in [0.3, 0.4) is 0 Å². The lowest BCUT2D eigenvalue weighted by molar-refractivity contribution is -0.136. The van der Waals surface area contributed by atoms with Gasteiger partial charge in [0.15, 0.2) is 0 Å². The van der Waals surface area contributed by atoms with E-state index in [0.29, 0.717) is 18.0 Å². The third-order valence-corrected chi connectivity index (χ3v) is 7.62. The number of benzene rings is 1. The maximum atomic E-state index is 13.2. The topological polar surface area (TPSA) is 57.7 Å². The van der Waals surface area contributed by atoms with Crippen molar-refractivity contribution < 1.29 is 13.2 Å². The van der Waals surface area contributed by atoms with Crippen LogP contribution < -0.4 is 0 Å². The smallest absolute Gasteiger partial charge is 0.243 e. The van der Waals surface area contributed by atoms with Crippen LogP contribution in [0.5, 0.6) is 0 Å². The van der Waals surface area contributed by atoms with Crippen molar-refractivity contribution in [1.82, 2.24) is 9.21 Å². The summed E-state index contributed by atoms with van der Waals surface area (Å²) >= 11 is 0. The summed E-state index contributed by atoms with van der Waals surface area (Å²) in [7, 11) is -3.56. The van der Waals surface area contributed by atoms with Gasteiger partial charge in [0, 0.05) is 26.2 Å². The van der Waals surface area contributed by atoms with Crippen molar-refractivity contribution in [2.75, 3.05) is 26.2 Å². The summed E-state index contributed by atoms with van der Waals surface area (Å²) in [5.74, 6) is -0.0606. The summed E-state index contributed by atoms with van der Waals surface area (Å²) in [5, 5.41) is 0. The van der Waals surface area contributed by atoms with Crippen molar-refractivity contribution in [1.29, 1.82) is 0 Å². The van der Waals surface area contributed by atoms with Gasteiger partial charge in [0.05, 0.1) is 10.8 Å². The van der Waals surface area contributed by atoms with Gasteiger partial charge in [0.25, 0.3) is 0 Å². The molecule has 2 heterocycles. The fourth-order valence-electron chi connectivity index (χ4n) is 4.04. The minimum Gasteiger partial charge on any atom is -0.342 e. The molecule has 1 aromatic carbocycles. The first-order chi connectivity index (χ1) is 12.4. The van der Waals surface area contributed by atoms with E-state index in [4.69, 9.17) is 0 Å². The molecule has 0 N–H and O–H groups in total. The highest BCUT2D eigenvalue weighted by Gasteiger charge is 2.35. The van der Waals surface area contributed by atoms with Crippen LogP contribution in [0.15, 0.2) is 23.1 Å². The molecule has 144 valence electrons. The second-order valence-electron chi connectivity index (χ2n) is 7.71. The van der Waals surface area contributed by atoms with Crippen molar-refractivity contribution in [3.05, 3.63) is 29.3 Å². The Morgan fingerprint density at radius 1 is 1.00 bits per heavy atom. The predicted molar refractivity (Wildman–Crippen MR) is 102 cm³/mol. The van der Waals surface area contributed by atoms with Gasteiger partial charge in [-0.3, -0.25) is 4.79 Å². The standard InChI is InChI=1S/C20H30N2O3S/c1-16-9-10-17(2)19(14-16)26(24,25)22-13-7-8-18(15-22)20(23)21-11-5-3-4-6-12-21/h9-10,14,18H,3-8,11-13,15H2,1-2H3/t18-/m0/s1. The number of hydrogen-bond donors (Lipinski definition) is 0. The zero-order valence-electron chi connectivity index (χ0n) is 15.9. The van der Waals surface area contributed by atoms with E-state index in [9.17, 15) is 13.2 Å². The molecular formula is C20H30N2O3S. The molecule has 2 aliphatic heterocycles. The first kappa shape index (κ1) is 19.4. The number of hydrogen-bond acceptors (Lipinski definition) is 3. The van der Waals surface area contributed by atoms with Crippen molar-refractivity contribution in [3.8, 4) is 0 Å². The van der Waals surface area contributed by atoms with Gasteiger partial charge in [0.1, 0.15) is 0 Å². The van der Waals surface area contributed by atoms with E-state index in [-0.39, 0.29) is 11.8 Å². The molecule has 3 rings (SSSR count). The van der Waals surface area contributed by atoms with E-state index in [1.54, 1.807) is 6.07 Å². The number of amides is 1. The SMILES string of the molecule is Cc1ccc(C)c(S(=O)(=O)N2CCC[C@H](C(=O)N3CCCCCC3)C2)c1. The second-order valence-corrected chi connectivity index (χ2v) is 9.62. The summed E-state index contributed by atoms with van der Waals surface area (Å²) in [4.78, 5) is 15.3. The van der Waals surface area contributed by atoms with Gasteiger partial charge in [-0.25, -0.2) is 8.42 Å². The van der Waals surface area contributed by atoms with Gasteiger partial charge in [-0.15, -0.1) is 0 Å². The van der Waals surface area contributed by atoms with E-state index in [2.05, 4.69) is 0 Å². The Kier molecular flexibility index (Phi) is 6.03. The molecule has 1 atom stereocenters. The molecule has 0 aliphatic carbocycles. The summed E-state index contributed by atoms with van der Waals surface area (Å²) in [6.45, 7) is 6.18. The quantitative estimate of drug-likeness (QED) is 0.812. The highest BCUT2D eigenvalue weighted by molar-refractivity contribution is 7.89. The van der Waals surface area contributed by atoms with Crippen molar-refractivity contribution in [2.45, 2.75) is 57.3 Å². The van der Waals surface area contributed by atoms with Crippen LogP contribution in [0.1, 0.15) is 49.7 Å². The number of rotatable bonds is 3. The highest BCUT2D eigenvalue weighted by Crippen LogP contribution is 2.27. The maximum Gasteiger partial charge on any atom is 0.243 e. The molecule has 0 saturated carbocycles. The molecule has 1 aromatic rings. The number of piperidine rings is 1. The van der Waals surface area contributed by atoms with E-state index in [1.165, 1.54) is 17.1 Å². The van der Waals surface area contributed by atoms with Crippen LogP contribution in [-0.2, 0) is 14.8 Å². The molecule has 0 unspecified atom stereocenters. The van der Waals surface area contributed by atoms with Crippen LogP contribution >= 0.6 is 0 Å². The van der Waals surface area contributed by atoms with Gasteiger partial charge in [-0.2, -0.15) is 4.31 Å². The minimum atomic E-state index is -3.56. The molecule has 6 heteroatoms. The molecule has 5 nitrogen and oxygen atoms in total. The Morgan fingerprint density at radius 2 is 1.69 bits per heavy atom. The average Bonchev–Trinajstić information content (AvgIpc) is 2.92. The highest BCUT2D eigenvalue weighted by atomic mass is 32.2. The first-order valence-electron chi connectivity index (χ1n) is 9.76. The molecule has 0 bridgehead atoms. The van der Waals surface area contributed by atoms with Gasteiger partial charge in [-0.05, 0) is 56.7 Å². The van der Waals surface area contributed by atoms with Crippen LogP contribution in [0.2, 0.25) is 0 Å². The third-order valence-electron chi connectivity index (χ3n) is 5.61. The summed E-state index contributed by atoms with van der Waals surface area (Å²) in [6.07, 6.45) is 6.01. The van der Waals surface area contributed by atoms with E-state index >= 15 is 0 Å². The zero-order valence-corrected chi connectivity index (χ0v) is 16.7. The molecule has 0 spiro atoms. The van der Waals surface area contributed by atoms with Gasteiger partial charge in [-0.1, -0.05) is 25.0 Å². The number of carbonyl (C=O) groups is 1. The minimum absolute atomic E-state index is 0.146. The normalized spacial score (nSPS) is 22.8. The zero-order chi connectivity index (χ0) is 18.7. The second kappa shape index (κ2) is 8.09. The molecule has 1 amide bonds. The Labute approximate surface area is 157 Å². The fraction of sp³-hybridized carbons (Fsp3) is 0.650. The Bertz CT molecular complexity index is 752. The number of carbonyl (C=O) groups excluding carboxylic acids is 1. The van der Waals surface area contributed by atoms with Gasteiger partial charge in [0.2, 0.25) is 15.9 Å². The van der Waals surface area contributed by atoms with Crippen LogP contribution in [0.4, 0.5) is 0 Å². The number of likely N-dealkylation sites (tertiary alicyclic amines) is 1. The maximum absolute atomic E-state index is 13.2. The molecule has 26 heavy (non-hydrogen) atoms. The number of nitrogens with zero attached hydrogens (tertiary/aromatic N) is 2. The monoisotopic (exact) mass is 378 g/mol. The summed E-state index contributed by atoms with van der Waals surface area (Å²) < 4.78 is 27.8. The van der Waals surface area contributed by atoms with Crippen LogP contribution in [0.25, 0.3) is 0 Å². The molecule has 0 radical (unpaired) electrons. The Hall–Kier alpha value is -1.40. The van der Waals surface area contributed by atoms with Crippen LogP contribution in [0, 0.1) is 19.8 Å².